The first-order valence-corrected chi connectivity index (χ1v) is 18.2. The van der Waals surface area contributed by atoms with Gasteiger partial charge in [0.15, 0.2) is 12.1 Å². The van der Waals surface area contributed by atoms with Gasteiger partial charge in [0, 0.05) is 19.3 Å². The molecule has 0 spiro atoms. The summed E-state index contributed by atoms with van der Waals surface area (Å²) in [6.45, 7) is 4.66. The molecule has 0 saturated carbocycles. The van der Waals surface area contributed by atoms with Crippen molar-refractivity contribution < 1.29 is 38.2 Å². The Morgan fingerprint density at radius 3 is 1.67 bits per heavy atom. The number of unbranched alkanes of at least 4 members (excludes halogenated alkanes) is 16. The van der Waals surface area contributed by atoms with Crippen molar-refractivity contribution in [1.82, 2.24) is 0 Å². The number of carboxylic acids is 1. The zero-order valence-corrected chi connectivity index (χ0v) is 29.8. The van der Waals surface area contributed by atoms with E-state index >= 15 is 0 Å². The minimum Gasteiger partial charge on any atom is -0.477 e. The molecule has 0 aliphatic heterocycles. The molecule has 2 unspecified atom stereocenters. The van der Waals surface area contributed by atoms with E-state index in [0.29, 0.717) is 19.3 Å². The second-order valence-corrected chi connectivity index (χ2v) is 13.5. The Morgan fingerprint density at radius 2 is 1.13 bits per heavy atom. The van der Waals surface area contributed by atoms with Crippen LogP contribution in [0.2, 0.25) is 0 Å². The Hall–Kier alpha value is -1.93. The molecule has 0 amide bonds. The van der Waals surface area contributed by atoms with Crippen LogP contribution in [0.25, 0.3) is 0 Å². The van der Waals surface area contributed by atoms with Gasteiger partial charge in [-0.1, -0.05) is 116 Å². The van der Waals surface area contributed by atoms with Crippen LogP contribution in [0.3, 0.4) is 0 Å². The van der Waals surface area contributed by atoms with Gasteiger partial charge in [0.25, 0.3) is 0 Å². The van der Waals surface area contributed by atoms with E-state index in [-0.39, 0.29) is 36.2 Å². The maximum atomic E-state index is 12.6. The van der Waals surface area contributed by atoms with Gasteiger partial charge in [0.05, 0.1) is 34.4 Å². The Kier molecular flexibility index (Phi) is 28.2. The van der Waals surface area contributed by atoms with E-state index in [1.165, 1.54) is 64.2 Å². The Morgan fingerprint density at radius 1 is 0.644 bits per heavy atom. The largest absolute Gasteiger partial charge is 0.477 e. The van der Waals surface area contributed by atoms with Gasteiger partial charge in [-0.05, 0) is 32.1 Å². The molecule has 0 radical (unpaired) electrons. The van der Waals surface area contributed by atoms with E-state index in [9.17, 15) is 19.5 Å². The highest BCUT2D eigenvalue weighted by atomic mass is 16.6. The van der Waals surface area contributed by atoms with Crippen molar-refractivity contribution in [3.05, 3.63) is 12.2 Å². The molecule has 264 valence electrons. The smallest absolute Gasteiger partial charge is 0.362 e. The minimum absolute atomic E-state index is 0.0509. The average molecular weight is 641 g/mol. The monoisotopic (exact) mass is 641 g/mol. The van der Waals surface area contributed by atoms with Gasteiger partial charge in [0.2, 0.25) is 0 Å². The standard InChI is InChI=1S/C37H69NO7/c1-6-8-10-12-14-16-18-20-21-23-25-27-35(39)44-32-33(31-43-30-29-34(37(41)42)38(3,4)5)45-36(40)28-26-24-22-19-17-15-13-11-9-7-2/h13,15,33-34H,6-12,14,16-32H2,1-5H3/p+1/b15-13+. The molecule has 0 aromatic heterocycles. The van der Waals surface area contributed by atoms with Gasteiger partial charge >= 0.3 is 17.9 Å². The number of hydrogen-bond acceptors (Lipinski definition) is 6. The van der Waals surface area contributed by atoms with Crippen LogP contribution in [0.1, 0.15) is 155 Å². The van der Waals surface area contributed by atoms with Crippen LogP contribution in [-0.2, 0) is 28.6 Å². The predicted octanol–water partition coefficient (Wildman–Crippen LogP) is 8.80. The first kappa shape index (κ1) is 43.1. The number of likely N-dealkylation sites (N-methyl/N-ethyl adjacent to an activating group) is 1. The highest BCUT2D eigenvalue weighted by molar-refractivity contribution is 5.72. The molecular formula is C37H70NO7+. The van der Waals surface area contributed by atoms with E-state index in [0.717, 1.165) is 57.8 Å². The molecule has 0 aliphatic rings. The molecule has 8 heteroatoms. The van der Waals surface area contributed by atoms with E-state index in [1.54, 1.807) is 0 Å². The van der Waals surface area contributed by atoms with E-state index in [2.05, 4.69) is 26.0 Å². The number of nitrogens with zero attached hydrogens (tertiary/aromatic N) is 1. The van der Waals surface area contributed by atoms with Gasteiger partial charge in [-0.2, -0.15) is 0 Å². The lowest BCUT2D eigenvalue weighted by atomic mass is 10.1. The van der Waals surface area contributed by atoms with E-state index < -0.39 is 18.1 Å². The van der Waals surface area contributed by atoms with Crippen molar-refractivity contribution in [3.63, 3.8) is 0 Å². The number of carbonyl (C=O) groups is 3. The molecule has 8 nitrogen and oxygen atoms in total. The van der Waals surface area contributed by atoms with Crippen LogP contribution in [0, 0.1) is 0 Å². The number of esters is 2. The number of rotatable bonds is 32. The van der Waals surface area contributed by atoms with Gasteiger partial charge in [0.1, 0.15) is 6.61 Å². The number of allylic oxidation sites excluding steroid dienone is 2. The van der Waals surface area contributed by atoms with Crippen molar-refractivity contribution in [2.45, 2.75) is 167 Å². The third kappa shape index (κ3) is 28.1. The third-order valence-corrected chi connectivity index (χ3v) is 8.16. The highest BCUT2D eigenvalue weighted by Crippen LogP contribution is 2.14. The first-order chi connectivity index (χ1) is 21.6. The van der Waals surface area contributed by atoms with Crippen LogP contribution < -0.4 is 0 Å². The van der Waals surface area contributed by atoms with Crippen molar-refractivity contribution in [2.24, 2.45) is 0 Å². The van der Waals surface area contributed by atoms with Crippen molar-refractivity contribution in [3.8, 4) is 0 Å². The molecule has 0 rings (SSSR count). The molecule has 2 atom stereocenters. The lowest BCUT2D eigenvalue weighted by Crippen LogP contribution is -2.50. The van der Waals surface area contributed by atoms with E-state index in [1.807, 2.05) is 21.1 Å². The first-order valence-electron chi connectivity index (χ1n) is 18.2. The summed E-state index contributed by atoms with van der Waals surface area (Å²) in [5.74, 6) is -1.48. The van der Waals surface area contributed by atoms with Crippen LogP contribution in [-0.4, -0.2) is 80.6 Å². The number of aliphatic carboxylic acids is 1. The molecule has 0 aromatic rings. The number of quaternary nitrogens is 1. The zero-order valence-electron chi connectivity index (χ0n) is 29.8. The second-order valence-electron chi connectivity index (χ2n) is 13.5. The van der Waals surface area contributed by atoms with Gasteiger partial charge in [-0.25, -0.2) is 4.79 Å². The van der Waals surface area contributed by atoms with Crippen LogP contribution >= 0.6 is 0 Å². The third-order valence-electron chi connectivity index (χ3n) is 8.16. The predicted molar refractivity (Wildman–Crippen MR) is 183 cm³/mol. The summed E-state index contributed by atoms with van der Waals surface area (Å²) >= 11 is 0. The van der Waals surface area contributed by atoms with Gasteiger partial charge in [-0.3, -0.25) is 9.59 Å². The lowest BCUT2D eigenvalue weighted by molar-refractivity contribution is -0.887. The quantitative estimate of drug-likeness (QED) is 0.0339. The van der Waals surface area contributed by atoms with Crippen molar-refractivity contribution in [1.29, 1.82) is 0 Å². The van der Waals surface area contributed by atoms with Crippen LogP contribution in [0.15, 0.2) is 12.2 Å². The maximum Gasteiger partial charge on any atom is 0.362 e. The molecule has 0 fully saturated rings. The summed E-state index contributed by atoms with van der Waals surface area (Å²) in [5.41, 5.74) is 0. The Bertz CT molecular complexity index is 762. The molecule has 0 aliphatic carbocycles. The summed E-state index contributed by atoms with van der Waals surface area (Å²) in [6.07, 6.45) is 26.8. The molecule has 0 bridgehead atoms. The average Bonchev–Trinajstić information content (AvgIpc) is 2.98. The summed E-state index contributed by atoms with van der Waals surface area (Å²) in [6, 6.07) is -0.610. The van der Waals surface area contributed by atoms with Gasteiger partial charge < -0.3 is 23.8 Å². The molecule has 0 aromatic carbocycles. The second kappa shape index (κ2) is 29.5. The summed E-state index contributed by atoms with van der Waals surface area (Å²) in [7, 11) is 5.51. The molecule has 0 heterocycles. The molecule has 45 heavy (non-hydrogen) atoms. The Labute approximate surface area is 276 Å². The fraction of sp³-hybridized carbons (Fsp3) is 0.865. The zero-order chi connectivity index (χ0) is 33.6. The number of carbonyl (C=O) groups excluding carboxylic acids is 2. The fourth-order valence-electron chi connectivity index (χ4n) is 5.25. The normalized spacial score (nSPS) is 13.2. The lowest BCUT2D eigenvalue weighted by Gasteiger charge is -2.31. The highest BCUT2D eigenvalue weighted by Gasteiger charge is 2.31. The summed E-state index contributed by atoms with van der Waals surface area (Å²) in [5, 5.41) is 9.55. The SMILES string of the molecule is CCCC/C=C/CCCCCCC(=O)OC(COCCC(C(=O)O)[N+](C)(C)C)COC(=O)CCCCCCCCCCCCC. The maximum absolute atomic E-state index is 12.6. The topological polar surface area (TPSA) is 99.1 Å². The van der Waals surface area contributed by atoms with Gasteiger partial charge in [-0.15, -0.1) is 0 Å². The van der Waals surface area contributed by atoms with Crippen LogP contribution in [0.4, 0.5) is 0 Å². The number of hydrogen-bond donors (Lipinski definition) is 1. The molecule has 1 N–H and O–H groups in total. The molecular weight excluding hydrogens is 570 g/mol. The number of carboxylic acid groups (broad SMARTS) is 1. The number of ether oxygens (including phenoxy) is 3. The van der Waals surface area contributed by atoms with E-state index in [4.69, 9.17) is 14.2 Å². The fourth-order valence-corrected chi connectivity index (χ4v) is 5.25. The van der Waals surface area contributed by atoms with Crippen LogP contribution in [0.5, 0.6) is 0 Å². The van der Waals surface area contributed by atoms with Crippen molar-refractivity contribution >= 4 is 17.9 Å². The molecule has 0 saturated heterocycles. The Balaban J connectivity index is 4.45. The summed E-state index contributed by atoms with van der Waals surface area (Å²) in [4.78, 5) is 36.6. The minimum atomic E-state index is -0.877. The summed E-state index contributed by atoms with van der Waals surface area (Å²) < 4.78 is 17.1. The van der Waals surface area contributed by atoms with Crippen molar-refractivity contribution in [2.75, 3.05) is 41.0 Å².